The second kappa shape index (κ2) is 5.11. The number of benzene rings is 1. The first-order valence-electron chi connectivity index (χ1n) is 5.18. The fraction of sp³-hybridized carbons (Fsp3) is 0.231. The molecule has 0 fully saturated rings. The minimum Gasteiger partial charge on any atom is -0.385 e. The molecular weight excluding hydrogens is 320 g/mol. The van der Waals surface area contributed by atoms with E-state index in [1.54, 1.807) is 11.3 Å². The molecule has 17 heavy (non-hydrogen) atoms. The van der Waals surface area contributed by atoms with E-state index in [0.717, 1.165) is 15.6 Å². The van der Waals surface area contributed by atoms with Crippen LogP contribution in [0.15, 0.2) is 39.5 Å². The summed E-state index contributed by atoms with van der Waals surface area (Å²) in [6.45, 7) is 1.83. The molecule has 0 aliphatic rings. The Kier molecular flexibility index (Phi) is 3.93. The third-order valence-electron chi connectivity index (χ3n) is 2.66. The van der Waals surface area contributed by atoms with Crippen LogP contribution in [0.2, 0.25) is 5.02 Å². The largest absolute Gasteiger partial charge is 0.385 e. The van der Waals surface area contributed by atoms with Crippen LogP contribution in [0.1, 0.15) is 18.1 Å². The summed E-state index contributed by atoms with van der Waals surface area (Å²) < 4.78 is 0.960. The first-order valence-corrected chi connectivity index (χ1v) is 7.29. The van der Waals surface area contributed by atoms with Crippen LogP contribution >= 0.6 is 38.9 Å². The Labute approximate surface area is 118 Å². The summed E-state index contributed by atoms with van der Waals surface area (Å²) in [4.78, 5) is 0. The lowest BCUT2D eigenvalue weighted by molar-refractivity contribution is 0.0574. The molecule has 1 nitrogen and oxygen atoms in total. The summed E-state index contributed by atoms with van der Waals surface area (Å²) >= 11 is 10.9. The molecule has 2 rings (SSSR count). The van der Waals surface area contributed by atoms with Crippen molar-refractivity contribution in [2.45, 2.75) is 18.9 Å². The van der Waals surface area contributed by atoms with Crippen LogP contribution in [0.5, 0.6) is 0 Å². The zero-order valence-corrected chi connectivity index (χ0v) is 12.4. The number of hydrogen-bond acceptors (Lipinski definition) is 2. The molecule has 0 saturated heterocycles. The number of hydrogen-bond donors (Lipinski definition) is 1. The van der Waals surface area contributed by atoms with Crippen molar-refractivity contribution in [1.29, 1.82) is 0 Å². The molecule has 1 atom stereocenters. The van der Waals surface area contributed by atoms with E-state index < -0.39 is 5.60 Å². The van der Waals surface area contributed by atoms with Crippen LogP contribution in [0.4, 0.5) is 0 Å². The van der Waals surface area contributed by atoms with Gasteiger partial charge >= 0.3 is 0 Å². The van der Waals surface area contributed by atoms with E-state index in [2.05, 4.69) is 15.9 Å². The number of rotatable bonds is 3. The SMILES string of the molecule is CC(O)(Cc1ccc(Cl)cc1)c1cscc1Br. The van der Waals surface area contributed by atoms with E-state index in [1.165, 1.54) is 0 Å². The van der Waals surface area contributed by atoms with Gasteiger partial charge in [-0.3, -0.25) is 0 Å². The maximum atomic E-state index is 10.5. The Balaban J connectivity index is 2.23. The normalized spacial score (nSPS) is 14.6. The summed E-state index contributed by atoms with van der Waals surface area (Å²) in [7, 11) is 0. The van der Waals surface area contributed by atoms with Crippen LogP contribution in [-0.4, -0.2) is 5.11 Å². The molecule has 0 aliphatic carbocycles. The molecular formula is C13H12BrClOS. The lowest BCUT2D eigenvalue weighted by Crippen LogP contribution is -2.24. The number of halogens is 2. The van der Waals surface area contributed by atoms with Gasteiger partial charge in [-0.1, -0.05) is 23.7 Å². The smallest absolute Gasteiger partial charge is 0.0927 e. The first-order chi connectivity index (χ1) is 7.99. The molecule has 0 amide bonds. The second-order valence-electron chi connectivity index (χ2n) is 4.21. The maximum Gasteiger partial charge on any atom is 0.0927 e. The minimum atomic E-state index is -0.868. The molecule has 1 aromatic carbocycles. The topological polar surface area (TPSA) is 20.2 Å². The highest BCUT2D eigenvalue weighted by atomic mass is 79.9. The lowest BCUT2D eigenvalue weighted by atomic mass is 9.91. The summed E-state index contributed by atoms with van der Waals surface area (Å²) in [5.74, 6) is 0. The van der Waals surface area contributed by atoms with Gasteiger partial charge in [0.15, 0.2) is 0 Å². The van der Waals surface area contributed by atoms with Crippen molar-refractivity contribution < 1.29 is 5.11 Å². The average molecular weight is 332 g/mol. The van der Waals surface area contributed by atoms with Crippen molar-refractivity contribution in [3.63, 3.8) is 0 Å². The standard InChI is InChI=1S/C13H12BrClOS/c1-13(16,11-7-17-8-12(11)14)6-9-2-4-10(15)5-3-9/h2-5,7-8,16H,6H2,1H3. The van der Waals surface area contributed by atoms with E-state index in [1.807, 2.05) is 41.9 Å². The number of aliphatic hydroxyl groups is 1. The molecule has 0 saturated carbocycles. The van der Waals surface area contributed by atoms with Crippen molar-refractivity contribution in [2.24, 2.45) is 0 Å². The van der Waals surface area contributed by atoms with Gasteiger partial charge in [-0.05, 0) is 45.9 Å². The monoisotopic (exact) mass is 330 g/mol. The van der Waals surface area contributed by atoms with Gasteiger partial charge in [0.25, 0.3) is 0 Å². The highest BCUT2D eigenvalue weighted by Gasteiger charge is 2.26. The predicted octanol–water partition coefficient (Wildman–Crippen LogP) is 4.61. The molecule has 1 aromatic heterocycles. The fourth-order valence-electron chi connectivity index (χ4n) is 1.76. The highest BCUT2D eigenvalue weighted by Crippen LogP contribution is 2.34. The quantitative estimate of drug-likeness (QED) is 0.870. The molecule has 4 heteroatoms. The Morgan fingerprint density at radius 1 is 1.29 bits per heavy atom. The molecule has 1 N–H and O–H groups in total. The van der Waals surface area contributed by atoms with Crippen molar-refractivity contribution in [1.82, 2.24) is 0 Å². The molecule has 0 aliphatic heterocycles. The summed E-state index contributed by atoms with van der Waals surface area (Å²) in [5, 5.41) is 15.2. The zero-order chi connectivity index (χ0) is 12.5. The molecule has 1 heterocycles. The van der Waals surface area contributed by atoms with E-state index in [0.29, 0.717) is 11.4 Å². The number of thiophene rings is 1. The van der Waals surface area contributed by atoms with Crippen LogP contribution in [0.3, 0.4) is 0 Å². The van der Waals surface area contributed by atoms with E-state index >= 15 is 0 Å². The van der Waals surface area contributed by atoms with Gasteiger partial charge in [0, 0.05) is 26.9 Å². The second-order valence-corrected chi connectivity index (χ2v) is 6.24. The van der Waals surface area contributed by atoms with Crippen LogP contribution in [-0.2, 0) is 12.0 Å². The van der Waals surface area contributed by atoms with Gasteiger partial charge in [0.2, 0.25) is 0 Å². The third kappa shape index (κ3) is 3.10. The summed E-state index contributed by atoms with van der Waals surface area (Å²) in [6.07, 6.45) is 0.569. The van der Waals surface area contributed by atoms with Crippen molar-refractivity contribution >= 4 is 38.9 Å². The average Bonchev–Trinajstić information content (AvgIpc) is 2.68. The van der Waals surface area contributed by atoms with Gasteiger partial charge in [-0.2, -0.15) is 11.3 Å². The maximum absolute atomic E-state index is 10.5. The Morgan fingerprint density at radius 2 is 1.94 bits per heavy atom. The third-order valence-corrected chi connectivity index (χ3v) is 4.61. The van der Waals surface area contributed by atoms with E-state index in [4.69, 9.17) is 11.6 Å². The van der Waals surface area contributed by atoms with Crippen molar-refractivity contribution in [2.75, 3.05) is 0 Å². The van der Waals surface area contributed by atoms with Gasteiger partial charge in [-0.15, -0.1) is 0 Å². The predicted molar refractivity (Wildman–Crippen MR) is 76.7 cm³/mol. The first kappa shape index (κ1) is 13.1. The summed E-state index contributed by atoms with van der Waals surface area (Å²) in [5.41, 5.74) is 1.13. The molecule has 90 valence electrons. The van der Waals surface area contributed by atoms with Gasteiger partial charge in [0.1, 0.15) is 0 Å². The van der Waals surface area contributed by atoms with Crippen LogP contribution in [0.25, 0.3) is 0 Å². The van der Waals surface area contributed by atoms with Crippen LogP contribution < -0.4 is 0 Å². The lowest BCUT2D eigenvalue weighted by Gasteiger charge is -2.23. The highest BCUT2D eigenvalue weighted by molar-refractivity contribution is 9.10. The molecule has 0 bridgehead atoms. The van der Waals surface area contributed by atoms with Crippen molar-refractivity contribution in [3.05, 3.63) is 55.6 Å². The zero-order valence-electron chi connectivity index (χ0n) is 9.28. The molecule has 2 aromatic rings. The van der Waals surface area contributed by atoms with Crippen LogP contribution in [0, 0.1) is 0 Å². The molecule has 0 spiro atoms. The molecule has 0 radical (unpaired) electrons. The van der Waals surface area contributed by atoms with Crippen molar-refractivity contribution in [3.8, 4) is 0 Å². The Bertz CT molecular complexity index is 504. The minimum absolute atomic E-state index is 0.569. The Morgan fingerprint density at radius 3 is 2.47 bits per heavy atom. The van der Waals surface area contributed by atoms with E-state index in [9.17, 15) is 5.11 Å². The fourth-order valence-corrected chi connectivity index (χ4v) is 3.73. The molecule has 1 unspecified atom stereocenters. The summed E-state index contributed by atoms with van der Waals surface area (Å²) in [6, 6.07) is 7.57. The van der Waals surface area contributed by atoms with Gasteiger partial charge < -0.3 is 5.11 Å². The van der Waals surface area contributed by atoms with Gasteiger partial charge in [0.05, 0.1) is 5.60 Å². The van der Waals surface area contributed by atoms with Gasteiger partial charge in [-0.25, -0.2) is 0 Å². The Hall–Kier alpha value is -0.350. The van der Waals surface area contributed by atoms with E-state index in [-0.39, 0.29) is 0 Å².